The maximum atomic E-state index is 6.10. The number of rotatable bonds is 13. The van der Waals surface area contributed by atoms with E-state index < -0.39 is 0 Å². The van der Waals surface area contributed by atoms with Crippen molar-refractivity contribution in [3.8, 4) is 0 Å². The molecule has 0 saturated heterocycles. The van der Waals surface area contributed by atoms with Crippen molar-refractivity contribution in [2.24, 2.45) is 10.8 Å². The van der Waals surface area contributed by atoms with Crippen molar-refractivity contribution in [2.45, 2.75) is 106 Å². The molecule has 0 bridgehead atoms. The van der Waals surface area contributed by atoms with Crippen LogP contribution in [-0.2, 0) is 9.47 Å². The van der Waals surface area contributed by atoms with Crippen LogP contribution in [0.4, 0.5) is 0 Å². The van der Waals surface area contributed by atoms with E-state index in [1.165, 1.54) is 0 Å². The molecule has 0 saturated carbocycles. The third-order valence-electron chi connectivity index (χ3n) is 4.35. The van der Waals surface area contributed by atoms with Gasteiger partial charge in [-0.3, -0.25) is 0 Å². The minimum atomic E-state index is -0.0197. The Kier molecular flexibility index (Phi) is 11.9. The minimum Gasteiger partial charge on any atom is -0.376 e. The second kappa shape index (κ2) is 11.6. The summed E-state index contributed by atoms with van der Waals surface area (Å²) in [7, 11) is 3.94. The lowest BCUT2D eigenvalue weighted by molar-refractivity contribution is -0.0294. The minimum absolute atomic E-state index is 0.0197. The second-order valence-electron chi connectivity index (χ2n) is 11.0. The van der Waals surface area contributed by atoms with Crippen molar-refractivity contribution < 1.29 is 9.47 Å². The first-order valence-corrected chi connectivity index (χ1v) is 12.6. The van der Waals surface area contributed by atoms with Crippen LogP contribution in [0.15, 0.2) is 0 Å². The van der Waals surface area contributed by atoms with Gasteiger partial charge in [0.1, 0.15) is 0 Å². The maximum absolute atomic E-state index is 6.10. The van der Waals surface area contributed by atoms with Crippen LogP contribution in [0.25, 0.3) is 0 Å². The molecule has 0 aromatic heterocycles. The molecule has 0 aliphatic rings. The fraction of sp³-hybridized carbons (Fsp3) is 1.00. The molecular weight excluding hydrogens is 360 g/mol. The molecule has 0 N–H and O–H groups in total. The zero-order chi connectivity index (χ0) is 20.5. The predicted octanol–water partition coefficient (Wildman–Crippen LogP) is 7.61. The summed E-state index contributed by atoms with van der Waals surface area (Å²) >= 11 is 0. The lowest BCUT2D eigenvalue weighted by Crippen LogP contribution is -2.27. The van der Waals surface area contributed by atoms with Gasteiger partial charge in [-0.15, -0.1) is 0 Å². The Balaban J connectivity index is 3.78. The van der Waals surface area contributed by atoms with E-state index in [4.69, 9.17) is 9.47 Å². The molecule has 0 atom stereocenters. The van der Waals surface area contributed by atoms with Gasteiger partial charge in [0.2, 0.25) is 0 Å². The summed E-state index contributed by atoms with van der Waals surface area (Å²) in [5.41, 5.74) is 0.660. The van der Waals surface area contributed by atoms with E-state index in [1.807, 2.05) is 21.6 Å². The van der Waals surface area contributed by atoms with E-state index in [2.05, 4.69) is 69.2 Å². The summed E-state index contributed by atoms with van der Waals surface area (Å²) in [4.78, 5) is 0. The molecule has 0 fully saturated rings. The first kappa shape index (κ1) is 26.6. The van der Waals surface area contributed by atoms with Crippen LogP contribution in [0.3, 0.4) is 0 Å². The van der Waals surface area contributed by atoms with Gasteiger partial charge in [0.15, 0.2) is 0 Å². The summed E-state index contributed by atoms with van der Waals surface area (Å²) in [5.74, 6) is 2.27. The van der Waals surface area contributed by atoms with Gasteiger partial charge < -0.3 is 9.47 Å². The van der Waals surface area contributed by atoms with Crippen LogP contribution in [0.1, 0.15) is 94.9 Å². The lowest BCUT2D eigenvalue weighted by Gasteiger charge is -2.28. The Morgan fingerprint density at radius 1 is 0.500 bits per heavy atom. The molecule has 0 aromatic rings. The largest absolute Gasteiger partial charge is 0.376 e. The van der Waals surface area contributed by atoms with Gasteiger partial charge in [-0.25, -0.2) is 0 Å². The summed E-state index contributed by atoms with van der Waals surface area (Å²) in [6.45, 7) is 24.2. The number of hydrogen-bond acceptors (Lipinski definition) is 4. The number of ether oxygens (including phenoxy) is 2. The first-order valence-electron chi connectivity index (χ1n) is 10.1. The van der Waals surface area contributed by atoms with Crippen molar-refractivity contribution in [1.82, 2.24) is 0 Å². The van der Waals surface area contributed by atoms with Crippen LogP contribution in [0.2, 0.25) is 0 Å². The quantitative estimate of drug-likeness (QED) is 0.231. The zero-order valence-corrected chi connectivity index (χ0v) is 20.9. The molecular formula is C22H46O2S2. The summed E-state index contributed by atoms with van der Waals surface area (Å²) in [5, 5.41) is 0. The van der Waals surface area contributed by atoms with Crippen LogP contribution < -0.4 is 0 Å². The van der Waals surface area contributed by atoms with E-state index in [1.54, 1.807) is 0 Å². The Bertz CT molecular complexity index is 329. The predicted molar refractivity (Wildman–Crippen MR) is 122 cm³/mol. The van der Waals surface area contributed by atoms with Gasteiger partial charge in [-0.2, -0.15) is 0 Å². The van der Waals surface area contributed by atoms with Gasteiger partial charge in [-0.1, -0.05) is 63.1 Å². The monoisotopic (exact) mass is 406 g/mol. The van der Waals surface area contributed by atoms with Crippen molar-refractivity contribution in [2.75, 3.05) is 24.7 Å². The summed E-state index contributed by atoms with van der Waals surface area (Å²) in [6.07, 6.45) is 4.42. The zero-order valence-electron chi connectivity index (χ0n) is 19.3. The molecule has 0 amide bonds. The average molecular weight is 407 g/mol. The Hall–Kier alpha value is 0.620. The van der Waals surface area contributed by atoms with Gasteiger partial charge in [0.25, 0.3) is 0 Å². The molecule has 0 aromatic carbocycles. The normalized spacial score (nSPS) is 14.1. The fourth-order valence-corrected chi connectivity index (χ4v) is 4.70. The third kappa shape index (κ3) is 18.0. The van der Waals surface area contributed by atoms with E-state index in [0.717, 1.165) is 50.4 Å². The van der Waals surface area contributed by atoms with Crippen molar-refractivity contribution in [1.29, 1.82) is 0 Å². The highest BCUT2D eigenvalue weighted by Gasteiger charge is 2.21. The molecule has 0 rings (SSSR count). The Labute approximate surface area is 172 Å². The molecule has 0 aliphatic heterocycles. The highest BCUT2D eigenvalue weighted by Crippen LogP contribution is 2.30. The SMILES string of the molecule is CC(C)(C)CCOC(C)(C)CCSSCCC(C)(C)OCCC(C)(C)C. The summed E-state index contributed by atoms with van der Waals surface area (Å²) < 4.78 is 12.2. The lowest BCUT2D eigenvalue weighted by atomic mass is 9.93. The van der Waals surface area contributed by atoms with Crippen LogP contribution in [-0.4, -0.2) is 35.9 Å². The van der Waals surface area contributed by atoms with Gasteiger partial charge in [0, 0.05) is 24.7 Å². The van der Waals surface area contributed by atoms with E-state index in [-0.39, 0.29) is 11.2 Å². The average Bonchev–Trinajstić information content (AvgIpc) is 2.39. The molecule has 0 radical (unpaired) electrons. The van der Waals surface area contributed by atoms with Crippen LogP contribution >= 0.6 is 21.6 Å². The molecule has 0 aliphatic carbocycles. The molecule has 2 nitrogen and oxygen atoms in total. The standard InChI is InChI=1S/C22H46O2S2/c1-19(2,3)11-15-23-21(7,8)13-17-25-26-18-14-22(9,10)24-16-12-20(4,5)6/h11-18H2,1-10H3. The molecule has 0 spiro atoms. The van der Waals surface area contributed by atoms with Gasteiger partial charge in [0.05, 0.1) is 11.2 Å². The van der Waals surface area contributed by atoms with E-state index in [9.17, 15) is 0 Å². The van der Waals surface area contributed by atoms with Gasteiger partial charge in [-0.05, 0) is 64.2 Å². The maximum Gasteiger partial charge on any atom is 0.0634 e. The Morgan fingerprint density at radius 3 is 1.08 bits per heavy atom. The van der Waals surface area contributed by atoms with Crippen molar-refractivity contribution in [3.63, 3.8) is 0 Å². The second-order valence-corrected chi connectivity index (χ2v) is 13.7. The van der Waals surface area contributed by atoms with E-state index >= 15 is 0 Å². The highest BCUT2D eigenvalue weighted by molar-refractivity contribution is 8.76. The van der Waals surface area contributed by atoms with Crippen LogP contribution in [0.5, 0.6) is 0 Å². The topological polar surface area (TPSA) is 18.5 Å². The first-order chi connectivity index (χ1) is 11.6. The van der Waals surface area contributed by atoms with Crippen molar-refractivity contribution in [3.05, 3.63) is 0 Å². The van der Waals surface area contributed by atoms with Crippen LogP contribution in [0, 0.1) is 10.8 Å². The number of hydrogen-bond donors (Lipinski definition) is 0. The smallest absolute Gasteiger partial charge is 0.0634 e. The van der Waals surface area contributed by atoms with E-state index in [0.29, 0.717) is 10.8 Å². The summed E-state index contributed by atoms with van der Waals surface area (Å²) in [6, 6.07) is 0. The molecule has 26 heavy (non-hydrogen) atoms. The molecule has 0 unspecified atom stereocenters. The molecule has 0 heterocycles. The van der Waals surface area contributed by atoms with Crippen molar-refractivity contribution >= 4 is 21.6 Å². The molecule has 4 heteroatoms. The third-order valence-corrected chi connectivity index (χ3v) is 6.76. The van der Waals surface area contributed by atoms with Gasteiger partial charge >= 0.3 is 0 Å². The Morgan fingerprint density at radius 2 is 0.808 bits per heavy atom. The highest BCUT2D eigenvalue weighted by atomic mass is 33.1. The molecule has 158 valence electrons. The fourth-order valence-electron chi connectivity index (χ4n) is 2.10.